The van der Waals surface area contributed by atoms with Crippen molar-refractivity contribution in [3.8, 4) is 0 Å². The molecule has 2 amide bonds. The minimum atomic E-state index is -0.769. The minimum Gasteiger partial charge on any atom is -0.396 e. The first-order chi connectivity index (χ1) is 16.7. The Hall–Kier alpha value is -2.78. The zero-order valence-corrected chi connectivity index (χ0v) is 20.6. The molecule has 0 radical (unpaired) electrons. The Kier molecular flexibility index (Phi) is 6.17. The van der Waals surface area contributed by atoms with Crippen LogP contribution in [-0.2, 0) is 9.59 Å². The quantitative estimate of drug-likeness (QED) is 0.581. The molecule has 5 rings (SSSR count). The molecule has 1 saturated carbocycles. The largest absolute Gasteiger partial charge is 0.396 e. The number of nitrogens with zero attached hydrogens (tertiary/aromatic N) is 4. The van der Waals surface area contributed by atoms with Crippen LogP contribution in [0.15, 0.2) is 30.5 Å². The fourth-order valence-corrected chi connectivity index (χ4v) is 5.64. The van der Waals surface area contributed by atoms with E-state index in [9.17, 15) is 19.8 Å². The average Bonchev–Trinajstić information content (AvgIpc) is 3.25. The number of likely N-dealkylation sites (tertiary alicyclic amines) is 1. The lowest BCUT2D eigenvalue weighted by Crippen LogP contribution is -2.50. The maximum Gasteiger partial charge on any atom is 0.248 e. The van der Waals surface area contributed by atoms with E-state index >= 15 is 0 Å². The number of β-amino-alcohol motifs (C(OH)–C–C–N with tert-alkyl or cyclic N) is 1. The first-order valence-electron chi connectivity index (χ1n) is 12.6. The van der Waals surface area contributed by atoms with E-state index < -0.39 is 23.6 Å². The monoisotopic (exact) mass is 481 g/mol. The molecule has 1 aromatic carbocycles. The second-order valence-electron chi connectivity index (χ2n) is 11.4. The van der Waals surface area contributed by atoms with Crippen molar-refractivity contribution in [2.45, 2.75) is 82.5 Å². The van der Waals surface area contributed by atoms with Crippen molar-refractivity contribution in [1.82, 2.24) is 25.2 Å². The summed E-state index contributed by atoms with van der Waals surface area (Å²) in [5.74, 6) is -0.120. The number of aliphatic hydroxyl groups excluding tert-OH is 2. The van der Waals surface area contributed by atoms with Gasteiger partial charge in [-0.3, -0.25) is 9.59 Å². The third-order valence-electron chi connectivity index (χ3n) is 7.58. The van der Waals surface area contributed by atoms with Crippen LogP contribution in [0.2, 0.25) is 0 Å². The second-order valence-corrected chi connectivity index (χ2v) is 11.4. The molecule has 9 heteroatoms. The number of hydrogen-bond acceptors (Lipinski definition) is 6. The highest BCUT2D eigenvalue weighted by molar-refractivity contribution is 5.90. The predicted octanol–water partition coefficient (Wildman–Crippen LogP) is 2.04. The fourth-order valence-electron chi connectivity index (χ4n) is 5.64. The van der Waals surface area contributed by atoms with Crippen molar-refractivity contribution in [1.29, 1.82) is 0 Å². The Morgan fingerprint density at radius 2 is 1.89 bits per heavy atom. The van der Waals surface area contributed by atoms with E-state index in [0.29, 0.717) is 12.3 Å². The number of amides is 2. The number of rotatable bonds is 6. The number of nitrogens with one attached hydrogen (secondary N) is 1. The van der Waals surface area contributed by atoms with Gasteiger partial charge in [-0.15, -0.1) is 5.10 Å². The van der Waals surface area contributed by atoms with E-state index in [1.807, 2.05) is 51.2 Å². The van der Waals surface area contributed by atoms with Gasteiger partial charge < -0.3 is 20.4 Å². The van der Waals surface area contributed by atoms with Gasteiger partial charge in [0.15, 0.2) is 0 Å². The molecule has 3 aliphatic rings. The molecule has 9 nitrogen and oxygen atoms in total. The van der Waals surface area contributed by atoms with E-state index in [0.717, 1.165) is 29.7 Å². The molecule has 2 aromatic rings. The molecule has 35 heavy (non-hydrogen) atoms. The summed E-state index contributed by atoms with van der Waals surface area (Å²) >= 11 is 0. The first-order valence-corrected chi connectivity index (χ1v) is 12.6. The summed E-state index contributed by atoms with van der Waals surface area (Å²) in [4.78, 5) is 28.9. The van der Waals surface area contributed by atoms with Crippen molar-refractivity contribution in [3.63, 3.8) is 0 Å². The Morgan fingerprint density at radius 1 is 1.17 bits per heavy atom. The molecule has 2 heterocycles. The summed E-state index contributed by atoms with van der Waals surface area (Å²) in [7, 11) is 0. The Bertz CT molecular complexity index is 1110. The number of aromatic nitrogens is 3. The number of benzene rings is 1. The lowest BCUT2D eigenvalue weighted by molar-refractivity contribution is -0.144. The maximum absolute atomic E-state index is 13.9. The lowest BCUT2D eigenvalue weighted by atomic mass is 9.85. The molecule has 0 bridgehead atoms. The summed E-state index contributed by atoms with van der Waals surface area (Å²) in [6.07, 6.45) is 4.07. The molecule has 188 valence electrons. The molecule has 0 spiro atoms. The van der Waals surface area contributed by atoms with Crippen LogP contribution >= 0.6 is 0 Å². The normalized spacial score (nSPS) is 27.1. The van der Waals surface area contributed by atoms with Gasteiger partial charge in [-0.2, -0.15) is 0 Å². The van der Waals surface area contributed by atoms with Gasteiger partial charge in [0, 0.05) is 31.0 Å². The third-order valence-corrected chi connectivity index (χ3v) is 7.58. The van der Waals surface area contributed by atoms with Crippen LogP contribution in [-0.4, -0.2) is 67.2 Å². The van der Waals surface area contributed by atoms with Crippen LogP contribution in [0.25, 0.3) is 0 Å². The van der Waals surface area contributed by atoms with Crippen LogP contribution in [0.3, 0.4) is 0 Å². The van der Waals surface area contributed by atoms with Crippen LogP contribution in [0.1, 0.15) is 87.2 Å². The zero-order valence-electron chi connectivity index (χ0n) is 20.6. The number of carbonyl (C=O) groups excluding carboxylic acids is 2. The van der Waals surface area contributed by atoms with Gasteiger partial charge in [-0.25, -0.2) is 4.68 Å². The van der Waals surface area contributed by atoms with Crippen LogP contribution in [0.5, 0.6) is 0 Å². The number of aliphatic hydroxyl groups is 2. The van der Waals surface area contributed by atoms with Crippen molar-refractivity contribution in [3.05, 3.63) is 47.3 Å². The van der Waals surface area contributed by atoms with E-state index in [1.165, 1.54) is 4.90 Å². The van der Waals surface area contributed by atoms with Gasteiger partial charge in [0.2, 0.25) is 11.8 Å². The van der Waals surface area contributed by atoms with Crippen LogP contribution < -0.4 is 5.32 Å². The number of fused-ring (bicyclic) bond motifs is 1. The summed E-state index contributed by atoms with van der Waals surface area (Å²) in [6.45, 7) is 6.04. The van der Waals surface area contributed by atoms with E-state index in [-0.39, 0.29) is 43.3 Å². The second kappa shape index (κ2) is 9.02. The molecule has 0 unspecified atom stereocenters. The molecule has 2 aliphatic carbocycles. The first kappa shape index (κ1) is 23.9. The van der Waals surface area contributed by atoms with Gasteiger partial charge in [0.1, 0.15) is 12.1 Å². The maximum atomic E-state index is 13.9. The van der Waals surface area contributed by atoms with Crippen molar-refractivity contribution in [2.75, 3.05) is 13.2 Å². The highest BCUT2D eigenvalue weighted by Crippen LogP contribution is 2.41. The zero-order chi connectivity index (χ0) is 24.9. The summed E-state index contributed by atoms with van der Waals surface area (Å²) in [6, 6.07) is 6.17. The fraction of sp³-hybridized carbons (Fsp3) is 0.615. The average molecular weight is 482 g/mol. The Balaban J connectivity index is 1.36. The molecule has 1 aromatic heterocycles. The lowest BCUT2D eigenvalue weighted by Gasteiger charge is -2.34. The molecule has 1 aliphatic heterocycles. The highest BCUT2D eigenvalue weighted by atomic mass is 16.3. The van der Waals surface area contributed by atoms with Crippen LogP contribution in [0.4, 0.5) is 0 Å². The summed E-state index contributed by atoms with van der Waals surface area (Å²) < 4.78 is 1.63. The minimum absolute atomic E-state index is 0.0180. The summed E-state index contributed by atoms with van der Waals surface area (Å²) in [5, 5.41) is 31.9. The predicted molar refractivity (Wildman–Crippen MR) is 128 cm³/mol. The van der Waals surface area contributed by atoms with E-state index in [2.05, 4.69) is 15.6 Å². The van der Waals surface area contributed by atoms with Gasteiger partial charge in [-0.05, 0) is 35.8 Å². The highest BCUT2D eigenvalue weighted by Gasteiger charge is 2.46. The molecular formula is C26H35N5O4. The number of hydrogen-bond donors (Lipinski definition) is 3. The Labute approximate surface area is 205 Å². The smallest absolute Gasteiger partial charge is 0.248 e. The number of carbonyl (C=O) groups is 2. The van der Waals surface area contributed by atoms with Gasteiger partial charge in [0.25, 0.3) is 0 Å². The van der Waals surface area contributed by atoms with E-state index in [1.54, 1.807) is 4.68 Å². The third kappa shape index (κ3) is 4.59. The van der Waals surface area contributed by atoms with Crippen molar-refractivity contribution >= 4 is 11.8 Å². The molecule has 3 N–H and O–H groups in total. The molecule has 2 fully saturated rings. The van der Waals surface area contributed by atoms with Gasteiger partial charge >= 0.3 is 0 Å². The molecular weight excluding hydrogens is 446 g/mol. The Morgan fingerprint density at radius 3 is 2.54 bits per heavy atom. The molecule has 5 atom stereocenters. The SMILES string of the molecule is CC(C)(C)[C@@H](C(=O)N1C[C@H](O)C[C@H]1C(=O)N[C@@H]1C[C@H](CO)c2ccccc21)n1cc(C2CC2)nn1. The standard InChI is InChI=1S/C26H35N5O4/c1-26(2,3)23(31-13-21(28-29-31)15-8-9-15)25(35)30-12-17(33)11-22(30)24(34)27-20-10-16(14-32)18-6-4-5-7-19(18)20/h4-7,13,15-17,20,22-23,32-33H,8-12,14H2,1-3H3,(H,27,34)/t16-,17-,20-,22+,23-/m1/s1. The topological polar surface area (TPSA) is 121 Å². The van der Waals surface area contributed by atoms with Crippen molar-refractivity contribution in [2.24, 2.45) is 5.41 Å². The van der Waals surface area contributed by atoms with Crippen molar-refractivity contribution < 1.29 is 19.8 Å². The van der Waals surface area contributed by atoms with Crippen LogP contribution in [0, 0.1) is 5.41 Å². The molecule has 1 saturated heterocycles. The van der Waals surface area contributed by atoms with Gasteiger partial charge in [0.05, 0.1) is 24.4 Å². The van der Waals surface area contributed by atoms with E-state index in [4.69, 9.17) is 0 Å². The van der Waals surface area contributed by atoms with Gasteiger partial charge in [-0.1, -0.05) is 50.3 Å². The summed E-state index contributed by atoms with van der Waals surface area (Å²) in [5.41, 5.74) is 2.48.